The van der Waals surface area contributed by atoms with Crippen molar-refractivity contribution in [2.45, 2.75) is 44.5 Å². The summed E-state index contributed by atoms with van der Waals surface area (Å²) in [5.74, 6) is 1.25. The van der Waals surface area contributed by atoms with Gasteiger partial charge in [0.15, 0.2) is 17.6 Å². The Balaban J connectivity index is 1.83. The van der Waals surface area contributed by atoms with Crippen LogP contribution in [0.25, 0.3) is 0 Å². The fraction of sp³-hybridized carbons (Fsp3) is 0.542. The topological polar surface area (TPSA) is 83.5 Å². The number of carbonyl (C=O) groups is 1. The van der Waals surface area contributed by atoms with Crippen molar-refractivity contribution in [3.8, 4) is 11.5 Å². The molecule has 0 aromatic heterocycles. The van der Waals surface area contributed by atoms with Gasteiger partial charge in [-0.05, 0) is 42.5 Å². The molecule has 3 aliphatic rings. The molecule has 1 aromatic rings. The molecule has 2 aliphatic carbocycles. The summed E-state index contributed by atoms with van der Waals surface area (Å²) < 4.78 is 28.5. The molecule has 0 saturated heterocycles. The van der Waals surface area contributed by atoms with E-state index in [0.717, 1.165) is 5.56 Å². The summed E-state index contributed by atoms with van der Waals surface area (Å²) in [7, 11) is 3.10. The summed E-state index contributed by atoms with van der Waals surface area (Å²) in [5.41, 5.74) is -0.808. The molecule has 1 N–H and O–H groups in total. The first-order valence-corrected chi connectivity index (χ1v) is 10.5. The van der Waals surface area contributed by atoms with Crippen LogP contribution in [-0.2, 0) is 25.4 Å². The molecule has 4 rings (SSSR count). The molecule has 1 heterocycles. The summed E-state index contributed by atoms with van der Waals surface area (Å²) in [5, 5.41) is 11.7. The van der Waals surface area contributed by atoms with Crippen molar-refractivity contribution in [3.63, 3.8) is 0 Å². The molecule has 168 valence electrons. The lowest BCUT2D eigenvalue weighted by molar-refractivity contribution is -0.206. The van der Waals surface area contributed by atoms with Gasteiger partial charge in [0.25, 0.3) is 0 Å². The molecule has 1 saturated carbocycles. The second kappa shape index (κ2) is 7.88. The van der Waals surface area contributed by atoms with E-state index < -0.39 is 29.2 Å². The number of fused-ring (bicyclic) bond motifs is 3. The van der Waals surface area contributed by atoms with E-state index >= 15 is 0 Å². The molecule has 7 nitrogen and oxygen atoms in total. The SMILES string of the molecule is C=CC[C@@]12C=C(OC)[C@@H](OC(C)=O)[C@@](OC)([C@@H](Cc3ccc4c(c3)OCO4)[C@@H]1C)[C@H]2O. The summed E-state index contributed by atoms with van der Waals surface area (Å²) in [6.45, 7) is 7.57. The van der Waals surface area contributed by atoms with Crippen LogP contribution < -0.4 is 9.47 Å². The molecular weight excluding hydrogens is 400 g/mol. The smallest absolute Gasteiger partial charge is 0.303 e. The van der Waals surface area contributed by atoms with E-state index in [1.807, 2.05) is 24.3 Å². The highest BCUT2D eigenvalue weighted by Crippen LogP contribution is 2.63. The molecule has 1 fully saturated rings. The van der Waals surface area contributed by atoms with Gasteiger partial charge in [-0.1, -0.05) is 19.1 Å². The molecule has 6 atom stereocenters. The number of aliphatic hydroxyl groups excluding tert-OH is 1. The lowest BCUT2D eigenvalue weighted by Gasteiger charge is -2.47. The summed E-state index contributed by atoms with van der Waals surface area (Å²) in [6, 6.07) is 5.84. The van der Waals surface area contributed by atoms with Crippen LogP contribution >= 0.6 is 0 Å². The van der Waals surface area contributed by atoms with Gasteiger partial charge in [-0.3, -0.25) is 4.79 Å². The van der Waals surface area contributed by atoms with E-state index in [1.54, 1.807) is 20.3 Å². The molecule has 7 heteroatoms. The maximum atomic E-state index is 12.0. The Bertz CT molecular complexity index is 909. The number of aliphatic hydroxyl groups is 1. The first-order chi connectivity index (χ1) is 14.8. The van der Waals surface area contributed by atoms with Crippen LogP contribution in [0.4, 0.5) is 0 Å². The zero-order valence-electron chi connectivity index (χ0n) is 18.4. The Kier molecular flexibility index (Phi) is 5.52. The quantitative estimate of drug-likeness (QED) is 0.526. The van der Waals surface area contributed by atoms with Gasteiger partial charge in [-0.2, -0.15) is 0 Å². The predicted octanol–water partition coefficient (Wildman–Crippen LogP) is 3.01. The number of methoxy groups -OCH3 is 2. The normalized spacial score (nSPS) is 35.5. The highest BCUT2D eigenvalue weighted by molar-refractivity contribution is 5.67. The summed E-state index contributed by atoms with van der Waals surface area (Å²) >= 11 is 0. The fourth-order valence-corrected chi connectivity index (χ4v) is 5.86. The number of hydrogen-bond donors (Lipinski definition) is 1. The van der Waals surface area contributed by atoms with Gasteiger partial charge in [0.1, 0.15) is 11.4 Å². The third-order valence-electron chi connectivity index (χ3n) is 7.31. The lowest BCUT2D eigenvalue weighted by Crippen LogP contribution is -2.61. The van der Waals surface area contributed by atoms with E-state index in [2.05, 4.69) is 13.5 Å². The van der Waals surface area contributed by atoms with Crippen molar-refractivity contribution in [2.24, 2.45) is 17.3 Å². The van der Waals surface area contributed by atoms with Crippen LogP contribution in [-0.4, -0.2) is 49.9 Å². The Hall–Kier alpha value is -2.51. The van der Waals surface area contributed by atoms with E-state index in [1.165, 1.54) is 6.92 Å². The van der Waals surface area contributed by atoms with E-state index in [0.29, 0.717) is 30.1 Å². The molecule has 1 aromatic carbocycles. The van der Waals surface area contributed by atoms with Crippen LogP contribution in [0.3, 0.4) is 0 Å². The van der Waals surface area contributed by atoms with Crippen molar-refractivity contribution in [1.82, 2.24) is 0 Å². The highest BCUT2D eigenvalue weighted by Gasteiger charge is 2.72. The van der Waals surface area contributed by atoms with Crippen LogP contribution in [0.15, 0.2) is 42.7 Å². The zero-order chi connectivity index (χ0) is 22.4. The minimum absolute atomic E-state index is 0.0171. The maximum absolute atomic E-state index is 12.0. The highest BCUT2D eigenvalue weighted by atomic mass is 16.7. The average Bonchev–Trinajstić information content (AvgIpc) is 3.25. The molecule has 0 unspecified atom stereocenters. The van der Waals surface area contributed by atoms with Crippen LogP contribution in [0.2, 0.25) is 0 Å². The van der Waals surface area contributed by atoms with E-state index in [-0.39, 0.29) is 18.6 Å². The minimum atomic E-state index is -1.18. The fourth-order valence-electron chi connectivity index (χ4n) is 5.86. The number of esters is 1. The third kappa shape index (κ3) is 3.05. The predicted molar refractivity (Wildman–Crippen MR) is 113 cm³/mol. The maximum Gasteiger partial charge on any atom is 0.303 e. The van der Waals surface area contributed by atoms with Gasteiger partial charge >= 0.3 is 5.97 Å². The number of allylic oxidation sites excluding steroid dienone is 1. The number of ether oxygens (including phenoxy) is 5. The van der Waals surface area contributed by atoms with Crippen molar-refractivity contribution in [3.05, 3.63) is 48.3 Å². The third-order valence-corrected chi connectivity index (χ3v) is 7.31. The van der Waals surface area contributed by atoms with Gasteiger partial charge in [0, 0.05) is 25.4 Å². The molecule has 31 heavy (non-hydrogen) atoms. The molecule has 0 amide bonds. The van der Waals surface area contributed by atoms with E-state index in [4.69, 9.17) is 23.7 Å². The Labute approximate surface area is 182 Å². The van der Waals surface area contributed by atoms with Gasteiger partial charge < -0.3 is 28.8 Å². The largest absolute Gasteiger partial charge is 0.497 e. The molecule has 2 bridgehead atoms. The standard InChI is InChI=1S/C24H30O7/c1-6-9-23-12-20(27-4)21(31-15(3)25)24(28-5,22(23)26)17(14(23)2)10-16-7-8-18-19(11-16)30-13-29-18/h6-8,11-12,14,17,21-22,26H,1,9-10,13H2,2-5H3/t14-,17-,21+,22-,23+,24-/m0/s1. The first kappa shape index (κ1) is 21.7. The zero-order valence-corrected chi connectivity index (χ0v) is 18.4. The minimum Gasteiger partial charge on any atom is -0.497 e. The van der Waals surface area contributed by atoms with Crippen molar-refractivity contribution in [2.75, 3.05) is 21.0 Å². The van der Waals surface area contributed by atoms with Crippen molar-refractivity contribution in [1.29, 1.82) is 0 Å². The lowest BCUT2D eigenvalue weighted by atomic mass is 9.69. The number of carbonyl (C=O) groups excluding carboxylic acids is 1. The van der Waals surface area contributed by atoms with Gasteiger partial charge in [0.05, 0.1) is 13.2 Å². The molecule has 1 aliphatic heterocycles. The first-order valence-electron chi connectivity index (χ1n) is 10.5. The Morgan fingerprint density at radius 3 is 2.71 bits per heavy atom. The molecule has 0 spiro atoms. The van der Waals surface area contributed by atoms with Crippen LogP contribution in [0.1, 0.15) is 25.8 Å². The van der Waals surface area contributed by atoms with Gasteiger partial charge in [0.2, 0.25) is 6.79 Å². The number of rotatable bonds is 7. The van der Waals surface area contributed by atoms with Crippen LogP contribution in [0.5, 0.6) is 11.5 Å². The van der Waals surface area contributed by atoms with Crippen LogP contribution in [0, 0.1) is 17.3 Å². The molecule has 0 radical (unpaired) electrons. The second-order valence-corrected chi connectivity index (χ2v) is 8.59. The Morgan fingerprint density at radius 1 is 1.32 bits per heavy atom. The van der Waals surface area contributed by atoms with E-state index in [9.17, 15) is 9.90 Å². The average molecular weight is 430 g/mol. The van der Waals surface area contributed by atoms with Crippen molar-refractivity contribution < 1.29 is 33.6 Å². The monoisotopic (exact) mass is 430 g/mol. The second-order valence-electron chi connectivity index (χ2n) is 8.59. The Morgan fingerprint density at radius 2 is 2.06 bits per heavy atom. The summed E-state index contributed by atoms with van der Waals surface area (Å²) in [6.07, 6.45) is 3.06. The number of benzene rings is 1. The van der Waals surface area contributed by atoms with Gasteiger partial charge in [-0.15, -0.1) is 6.58 Å². The van der Waals surface area contributed by atoms with Gasteiger partial charge in [-0.25, -0.2) is 0 Å². The molecular formula is C24H30O7. The summed E-state index contributed by atoms with van der Waals surface area (Å²) in [4.78, 5) is 12.0. The number of hydrogen-bond acceptors (Lipinski definition) is 7. The van der Waals surface area contributed by atoms with Crippen molar-refractivity contribution >= 4 is 5.97 Å².